The van der Waals surface area contributed by atoms with Crippen LogP contribution in [0.15, 0.2) is 23.3 Å². The molecule has 1 aliphatic carbocycles. The number of hydrazine groups is 1. The van der Waals surface area contributed by atoms with E-state index < -0.39 is 0 Å². The summed E-state index contributed by atoms with van der Waals surface area (Å²) < 4.78 is 0. The molecule has 0 saturated carbocycles. The predicted octanol–water partition coefficient (Wildman–Crippen LogP) is 1.64. The van der Waals surface area contributed by atoms with Gasteiger partial charge in [-0.1, -0.05) is 30.2 Å². The lowest BCUT2D eigenvalue weighted by molar-refractivity contribution is -0.140. The SMILES string of the molecule is CC(C)=C[C@@H]1C=C(C)[C@H](C)[C@@H]2C(=O)N(N)C(=O)[C@H]12. The number of carbonyl (C=O) groups excluding carboxylic acids is 2. The molecule has 2 aliphatic rings. The minimum Gasteiger partial charge on any atom is -0.273 e. The second-order valence-electron chi connectivity index (χ2n) is 5.62. The van der Waals surface area contributed by atoms with Gasteiger partial charge in [-0.2, -0.15) is 0 Å². The number of nitrogens with zero attached hydrogens (tertiary/aromatic N) is 1. The molecule has 2 rings (SSSR count). The van der Waals surface area contributed by atoms with E-state index in [2.05, 4.69) is 12.2 Å². The molecular weight excluding hydrogens is 228 g/mol. The Morgan fingerprint density at radius 2 is 1.83 bits per heavy atom. The highest BCUT2D eigenvalue weighted by molar-refractivity contribution is 6.05. The summed E-state index contributed by atoms with van der Waals surface area (Å²) in [7, 11) is 0. The van der Waals surface area contributed by atoms with Gasteiger partial charge in [0.05, 0.1) is 11.8 Å². The zero-order valence-electron chi connectivity index (χ0n) is 11.3. The first-order valence-electron chi connectivity index (χ1n) is 6.30. The van der Waals surface area contributed by atoms with Gasteiger partial charge >= 0.3 is 0 Å². The largest absolute Gasteiger partial charge is 0.273 e. The number of nitrogens with two attached hydrogens (primary N) is 1. The Labute approximate surface area is 107 Å². The van der Waals surface area contributed by atoms with Crippen LogP contribution in [0.4, 0.5) is 0 Å². The molecule has 98 valence electrons. The summed E-state index contributed by atoms with van der Waals surface area (Å²) in [6.45, 7) is 8.01. The molecule has 18 heavy (non-hydrogen) atoms. The number of fused-ring (bicyclic) bond motifs is 1. The summed E-state index contributed by atoms with van der Waals surface area (Å²) in [6, 6.07) is 0. The van der Waals surface area contributed by atoms with Crippen LogP contribution in [0.25, 0.3) is 0 Å². The van der Waals surface area contributed by atoms with Gasteiger partial charge in [-0.25, -0.2) is 10.9 Å². The van der Waals surface area contributed by atoms with Gasteiger partial charge in [-0.3, -0.25) is 9.59 Å². The maximum Gasteiger partial charge on any atom is 0.248 e. The molecule has 4 nitrogen and oxygen atoms in total. The topological polar surface area (TPSA) is 63.4 Å². The van der Waals surface area contributed by atoms with Crippen LogP contribution in [0.2, 0.25) is 0 Å². The lowest BCUT2D eigenvalue weighted by Gasteiger charge is -2.32. The zero-order chi connectivity index (χ0) is 13.6. The van der Waals surface area contributed by atoms with Gasteiger partial charge in [0, 0.05) is 5.92 Å². The Balaban J connectivity index is 2.48. The Morgan fingerprint density at radius 3 is 2.39 bits per heavy atom. The highest BCUT2D eigenvalue weighted by Gasteiger charge is 2.53. The molecule has 0 bridgehead atoms. The van der Waals surface area contributed by atoms with Crippen molar-refractivity contribution in [3.05, 3.63) is 23.3 Å². The van der Waals surface area contributed by atoms with Crippen LogP contribution in [0.3, 0.4) is 0 Å². The molecule has 1 aliphatic heterocycles. The number of hydrogen-bond acceptors (Lipinski definition) is 3. The lowest BCUT2D eigenvalue weighted by atomic mass is 9.69. The number of allylic oxidation sites excluding steroid dienone is 4. The molecule has 2 amide bonds. The second kappa shape index (κ2) is 4.35. The number of amides is 2. The quantitative estimate of drug-likeness (QED) is 0.332. The minimum atomic E-state index is -0.323. The van der Waals surface area contributed by atoms with Crippen molar-refractivity contribution in [2.45, 2.75) is 27.7 Å². The summed E-state index contributed by atoms with van der Waals surface area (Å²) in [6.07, 6.45) is 4.15. The highest BCUT2D eigenvalue weighted by Crippen LogP contribution is 2.44. The van der Waals surface area contributed by atoms with E-state index >= 15 is 0 Å². The number of rotatable bonds is 1. The molecule has 0 radical (unpaired) electrons. The molecule has 1 fully saturated rings. The van der Waals surface area contributed by atoms with Crippen molar-refractivity contribution in [2.24, 2.45) is 29.5 Å². The van der Waals surface area contributed by atoms with Crippen LogP contribution in [0.1, 0.15) is 27.7 Å². The molecule has 0 aromatic carbocycles. The summed E-state index contributed by atoms with van der Waals surface area (Å²) >= 11 is 0. The number of carbonyl (C=O) groups is 2. The van der Waals surface area contributed by atoms with E-state index in [1.807, 2.05) is 27.7 Å². The molecule has 0 unspecified atom stereocenters. The Kier molecular flexibility index (Phi) is 3.15. The summed E-state index contributed by atoms with van der Waals surface area (Å²) in [5, 5.41) is 0.810. The molecule has 0 spiro atoms. The molecule has 4 heteroatoms. The molecule has 2 N–H and O–H groups in total. The van der Waals surface area contributed by atoms with Crippen molar-refractivity contribution in [3.63, 3.8) is 0 Å². The third-order valence-electron chi connectivity index (χ3n) is 4.08. The van der Waals surface area contributed by atoms with E-state index in [9.17, 15) is 9.59 Å². The fourth-order valence-corrected chi connectivity index (χ4v) is 3.04. The maximum absolute atomic E-state index is 12.1. The molecular formula is C14H20N2O2. The summed E-state index contributed by atoms with van der Waals surface area (Å²) in [4.78, 5) is 24.2. The number of hydrogen-bond donors (Lipinski definition) is 1. The summed E-state index contributed by atoms with van der Waals surface area (Å²) in [5.74, 6) is 4.54. The van der Waals surface area contributed by atoms with E-state index in [0.717, 1.165) is 16.2 Å². The van der Waals surface area contributed by atoms with Crippen LogP contribution in [0.5, 0.6) is 0 Å². The van der Waals surface area contributed by atoms with Gasteiger partial charge in [0.2, 0.25) is 11.8 Å². The van der Waals surface area contributed by atoms with Crippen LogP contribution in [-0.4, -0.2) is 16.8 Å². The average Bonchev–Trinajstić information content (AvgIpc) is 2.50. The highest BCUT2D eigenvalue weighted by atomic mass is 16.2. The first kappa shape index (κ1) is 13.0. The second-order valence-corrected chi connectivity index (χ2v) is 5.62. The van der Waals surface area contributed by atoms with Gasteiger partial charge in [0.25, 0.3) is 0 Å². The van der Waals surface area contributed by atoms with Gasteiger partial charge in [0.15, 0.2) is 0 Å². The van der Waals surface area contributed by atoms with Gasteiger partial charge in [0.1, 0.15) is 0 Å². The van der Waals surface area contributed by atoms with Crippen molar-refractivity contribution in [2.75, 3.05) is 0 Å². The number of imide groups is 1. The monoisotopic (exact) mass is 248 g/mol. The molecule has 1 heterocycles. The van der Waals surface area contributed by atoms with E-state index in [-0.39, 0.29) is 35.5 Å². The van der Waals surface area contributed by atoms with Gasteiger partial charge in [-0.15, -0.1) is 0 Å². The average molecular weight is 248 g/mol. The third-order valence-corrected chi connectivity index (χ3v) is 4.08. The van der Waals surface area contributed by atoms with E-state index in [0.29, 0.717) is 0 Å². The van der Waals surface area contributed by atoms with E-state index in [1.54, 1.807) is 0 Å². The first-order valence-corrected chi connectivity index (χ1v) is 6.30. The smallest absolute Gasteiger partial charge is 0.248 e. The fraction of sp³-hybridized carbons (Fsp3) is 0.571. The first-order chi connectivity index (χ1) is 8.34. The molecule has 1 saturated heterocycles. The molecule has 0 aromatic rings. The van der Waals surface area contributed by atoms with Crippen LogP contribution < -0.4 is 5.84 Å². The minimum absolute atomic E-state index is 0.0128. The van der Waals surface area contributed by atoms with Crippen molar-refractivity contribution >= 4 is 11.8 Å². The molecule has 0 aromatic heterocycles. The maximum atomic E-state index is 12.1. The van der Waals surface area contributed by atoms with E-state index in [1.165, 1.54) is 0 Å². The fourth-order valence-electron chi connectivity index (χ4n) is 3.04. The Bertz CT molecular complexity index is 460. The van der Waals surface area contributed by atoms with Crippen LogP contribution in [-0.2, 0) is 9.59 Å². The summed E-state index contributed by atoms with van der Waals surface area (Å²) in [5.41, 5.74) is 2.31. The Morgan fingerprint density at radius 1 is 1.28 bits per heavy atom. The predicted molar refractivity (Wildman–Crippen MR) is 68.9 cm³/mol. The Hall–Kier alpha value is -1.42. The standard InChI is InChI=1S/C14H20N2O2/c1-7(2)5-10-6-8(3)9(4)11-12(10)14(18)16(15)13(11)17/h5-6,9-12H,15H2,1-4H3/t9-,10+,11-,12+/m0/s1. The van der Waals surface area contributed by atoms with Crippen LogP contribution >= 0.6 is 0 Å². The zero-order valence-corrected chi connectivity index (χ0v) is 11.3. The lowest BCUT2D eigenvalue weighted by Crippen LogP contribution is -2.38. The van der Waals surface area contributed by atoms with E-state index in [4.69, 9.17) is 5.84 Å². The van der Waals surface area contributed by atoms with Crippen molar-refractivity contribution in [3.8, 4) is 0 Å². The van der Waals surface area contributed by atoms with Gasteiger partial charge < -0.3 is 0 Å². The van der Waals surface area contributed by atoms with Crippen molar-refractivity contribution in [1.82, 2.24) is 5.01 Å². The van der Waals surface area contributed by atoms with Crippen LogP contribution in [0, 0.1) is 23.7 Å². The van der Waals surface area contributed by atoms with Gasteiger partial charge in [-0.05, 0) is 26.7 Å². The van der Waals surface area contributed by atoms with Crippen molar-refractivity contribution in [1.29, 1.82) is 0 Å². The molecule has 4 atom stereocenters. The third kappa shape index (κ3) is 1.81. The normalized spacial score (nSPS) is 35.4. The van der Waals surface area contributed by atoms with Crippen molar-refractivity contribution < 1.29 is 9.59 Å².